The third kappa shape index (κ3) is 3.59. The summed E-state index contributed by atoms with van der Waals surface area (Å²) in [7, 11) is 0. The topological polar surface area (TPSA) is 87.2 Å². The quantitative estimate of drug-likeness (QED) is 0.709. The average molecular weight is 393 g/mol. The number of benzene rings is 2. The third-order valence-electron chi connectivity index (χ3n) is 4.58. The molecule has 0 bridgehead atoms. The first-order valence-electron chi connectivity index (χ1n) is 8.87. The van der Waals surface area contributed by atoms with Gasteiger partial charge in [-0.1, -0.05) is 41.7 Å². The monoisotopic (exact) mass is 393 g/mol. The van der Waals surface area contributed by atoms with Crippen molar-refractivity contribution < 1.29 is 9.59 Å². The standard InChI is InChI=1S/C20H19N5O2S/c1-12-10-15(19(27)21-20-23-22-13(2)28-20)8-9-16(12)25-17(11-18(26)24-25)14-6-4-3-5-7-14/h3-10,17H,11H2,1-2H3,(H,24,26)(H,21,23,27). The summed E-state index contributed by atoms with van der Waals surface area (Å²) >= 11 is 1.33. The van der Waals surface area contributed by atoms with Crippen LogP contribution in [0.4, 0.5) is 10.8 Å². The molecule has 7 nitrogen and oxygen atoms in total. The Hall–Kier alpha value is -3.26. The molecule has 28 heavy (non-hydrogen) atoms. The van der Waals surface area contributed by atoms with Gasteiger partial charge in [0.05, 0.1) is 18.2 Å². The van der Waals surface area contributed by atoms with Crippen LogP contribution in [0.25, 0.3) is 0 Å². The van der Waals surface area contributed by atoms with E-state index >= 15 is 0 Å². The van der Waals surface area contributed by atoms with Gasteiger partial charge in [0.1, 0.15) is 5.01 Å². The maximum absolute atomic E-state index is 12.5. The van der Waals surface area contributed by atoms with Crippen LogP contribution in [0.2, 0.25) is 0 Å². The lowest BCUT2D eigenvalue weighted by Crippen LogP contribution is -2.35. The molecule has 2 amide bonds. The molecule has 0 saturated carbocycles. The van der Waals surface area contributed by atoms with Crippen molar-refractivity contribution in [1.29, 1.82) is 0 Å². The van der Waals surface area contributed by atoms with E-state index in [1.807, 2.05) is 61.3 Å². The van der Waals surface area contributed by atoms with Crippen molar-refractivity contribution >= 4 is 34.0 Å². The minimum atomic E-state index is -0.240. The van der Waals surface area contributed by atoms with Crippen LogP contribution >= 0.6 is 11.3 Å². The van der Waals surface area contributed by atoms with Gasteiger partial charge >= 0.3 is 0 Å². The molecule has 2 heterocycles. The summed E-state index contributed by atoms with van der Waals surface area (Å²) in [5.41, 5.74) is 6.27. The second kappa shape index (κ2) is 7.40. The molecule has 8 heteroatoms. The summed E-state index contributed by atoms with van der Waals surface area (Å²) in [6.07, 6.45) is 0.391. The van der Waals surface area contributed by atoms with Gasteiger partial charge in [-0.2, -0.15) is 0 Å². The summed E-state index contributed by atoms with van der Waals surface area (Å²) in [6.45, 7) is 3.76. The molecule has 1 aromatic heterocycles. The summed E-state index contributed by atoms with van der Waals surface area (Å²) in [6, 6.07) is 15.2. The predicted octanol–water partition coefficient (Wildman–Crippen LogP) is 3.39. The Bertz CT molecular complexity index is 1030. The number of aromatic nitrogens is 2. The van der Waals surface area contributed by atoms with Gasteiger partial charge in [0.25, 0.3) is 5.91 Å². The Balaban J connectivity index is 1.58. The highest BCUT2D eigenvalue weighted by Gasteiger charge is 2.32. The molecule has 1 atom stereocenters. The van der Waals surface area contributed by atoms with Gasteiger partial charge in [-0.3, -0.25) is 25.3 Å². The van der Waals surface area contributed by atoms with Crippen LogP contribution in [0.1, 0.15) is 39.0 Å². The first kappa shape index (κ1) is 18.1. The lowest BCUT2D eigenvalue weighted by Gasteiger charge is -2.27. The van der Waals surface area contributed by atoms with Gasteiger partial charge in [0.2, 0.25) is 11.0 Å². The van der Waals surface area contributed by atoms with Crippen molar-refractivity contribution in [2.75, 3.05) is 10.3 Å². The number of nitrogens with one attached hydrogen (secondary N) is 2. The van der Waals surface area contributed by atoms with Gasteiger partial charge in [-0.25, -0.2) is 0 Å². The Labute approximate surface area is 166 Å². The minimum absolute atomic E-state index is 0.0262. The first-order valence-corrected chi connectivity index (χ1v) is 9.68. The molecule has 4 rings (SSSR count). The average Bonchev–Trinajstić information content (AvgIpc) is 3.27. The molecule has 1 aliphatic heterocycles. The van der Waals surface area contributed by atoms with Gasteiger partial charge in [0, 0.05) is 5.56 Å². The highest BCUT2D eigenvalue weighted by Crippen LogP contribution is 2.34. The fourth-order valence-electron chi connectivity index (χ4n) is 3.28. The molecule has 0 aliphatic carbocycles. The number of aryl methyl sites for hydroxylation is 2. The zero-order chi connectivity index (χ0) is 19.7. The molecule has 0 radical (unpaired) electrons. The Kier molecular flexibility index (Phi) is 4.79. The predicted molar refractivity (Wildman–Crippen MR) is 108 cm³/mol. The lowest BCUT2D eigenvalue weighted by atomic mass is 10.0. The Morgan fingerprint density at radius 1 is 1.18 bits per heavy atom. The van der Waals surface area contributed by atoms with E-state index in [0.29, 0.717) is 17.1 Å². The molecule has 1 unspecified atom stereocenters. The largest absolute Gasteiger partial charge is 0.296 e. The SMILES string of the molecule is Cc1nnc(NC(=O)c2ccc(N3NC(=O)CC3c3ccccc3)c(C)c2)s1. The molecule has 2 aromatic carbocycles. The smallest absolute Gasteiger partial charge is 0.257 e. The van der Waals surface area contributed by atoms with Gasteiger partial charge in [0.15, 0.2) is 0 Å². The third-order valence-corrected chi connectivity index (χ3v) is 5.34. The van der Waals surface area contributed by atoms with Crippen molar-refractivity contribution in [3.05, 3.63) is 70.2 Å². The van der Waals surface area contributed by atoms with Crippen molar-refractivity contribution in [2.45, 2.75) is 26.3 Å². The number of carbonyl (C=O) groups is 2. The summed E-state index contributed by atoms with van der Waals surface area (Å²) in [5, 5.41) is 13.7. The van der Waals surface area contributed by atoms with Crippen LogP contribution in [0, 0.1) is 13.8 Å². The van der Waals surface area contributed by atoms with E-state index in [2.05, 4.69) is 20.9 Å². The van der Waals surface area contributed by atoms with Crippen LogP contribution in [-0.4, -0.2) is 22.0 Å². The van der Waals surface area contributed by atoms with Gasteiger partial charge in [-0.15, -0.1) is 10.2 Å². The number of amides is 2. The molecular weight excluding hydrogens is 374 g/mol. The number of rotatable bonds is 4. The number of hydrazine groups is 1. The van der Waals surface area contributed by atoms with E-state index < -0.39 is 0 Å². The van der Waals surface area contributed by atoms with Crippen LogP contribution in [0.5, 0.6) is 0 Å². The van der Waals surface area contributed by atoms with E-state index in [1.165, 1.54) is 11.3 Å². The Morgan fingerprint density at radius 3 is 2.64 bits per heavy atom. The molecule has 0 spiro atoms. The van der Waals surface area contributed by atoms with E-state index in [4.69, 9.17) is 0 Å². The minimum Gasteiger partial charge on any atom is -0.296 e. The molecule has 1 fully saturated rings. The second-order valence-electron chi connectivity index (χ2n) is 6.62. The van der Waals surface area contributed by atoms with E-state index in [-0.39, 0.29) is 17.9 Å². The van der Waals surface area contributed by atoms with Crippen molar-refractivity contribution in [3.8, 4) is 0 Å². The van der Waals surface area contributed by atoms with Gasteiger partial charge < -0.3 is 0 Å². The molecule has 1 aliphatic rings. The number of hydrogen-bond donors (Lipinski definition) is 2. The van der Waals surface area contributed by atoms with Crippen molar-refractivity contribution in [1.82, 2.24) is 15.6 Å². The fraction of sp³-hybridized carbons (Fsp3) is 0.200. The highest BCUT2D eigenvalue weighted by molar-refractivity contribution is 7.15. The van der Waals surface area contributed by atoms with E-state index in [1.54, 1.807) is 6.07 Å². The summed E-state index contributed by atoms with van der Waals surface area (Å²) in [5.74, 6) is -0.266. The van der Waals surface area contributed by atoms with Crippen molar-refractivity contribution in [2.24, 2.45) is 0 Å². The fourth-order valence-corrected chi connectivity index (χ4v) is 3.87. The Morgan fingerprint density at radius 2 is 1.96 bits per heavy atom. The zero-order valence-electron chi connectivity index (χ0n) is 15.5. The zero-order valence-corrected chi connectivity index (χ0v) is 16.3. The molecule has 2 N–H and O–H groups in total. The second-order valence-corrected chi connectivity index (χ2v) is 7.80. The highest BCUT2D eigenvalue weighted by atomic mass is 32.1. The maximum Gasteiger partial charge on any atom is 0.257 e. The number of nitrogens with zero attached hydrogens (tertiary/aromatic N) is 3. The normalized spacial score (nSPS) is 16.1. The van der Waals surface area contributed by atoms with Crippen LogP contribution in [-0.2, 0) is 4.79 Å². The van der Waals surface area contributed by atoms with Crippen molar-refractivity contribution in [3.63, 3.8) is 0 Å². The molecule has 1 saturated heterocycles. The molecular formula is C20H19N5O2S. The summed E-state index contributed by atoms with van der Waals surface area (Å²) < 4.78 is 0. The van der Waals surface area contributed by atoms with Gasteiger partial charge in [-0.05, 0) is 43.2 Å². The number of anilines is 2. The number of carbonyl (C=O) groups excluding carboxylic acids is 2. The molecule has 3 aromatic rings. The summed E-state index contributed by atoms with van der Waals surface area (Å²) in [4.78, 5) is 24.6. The van der Waals surface area contributed by atoms with Crippen LogP contribution < -0.4 is 15.8 Å². The first-order chi connectivity index (χ1) is 13.5. The maximum atomic E-state index is 12.5. The molecule has 142 valence electrons. The van der Waals surface area contributed by atoms with E-state index in [9.17, 15) is 9.59 Å². The number of hydrogen-bond acceptors (Lipinski definition) is 6. The van der Waals surface area contributed by atoms with Crippen LogP contribution in [0.3, 0.4) is 0 Å². The lowest BCUT2D eigenvalue weighted by molar-refractivity contribution is -0.119. The van der Waals surface area contributed by atoms with Crippen LogP contribution in [0.15, 0.2) is 48.5 Å². The van der Waals surface area contributed by atoms with E-state index in [0.717, 1.165) is 21.8 Å².